The van der Waals surface area contributed by atoms with Crippen LogP contribution < -0.4 is 0 Å². The lowest BCUT2D eigenvalue weighted by atomic mass is 10.0. The Bertz CT molecular complexity index is 263. The Morgan fingerprint density at radius 2 is 1.83 bits per heavy atom. The van der Waals surface area contributed by atoms with Gasteiger partial charge in [0.25, 0.3) is 0 Å². The minimum atomic E-state index is 0.400. The second-order valence-electron chi connectivity index (χ2n) is 5.72. The first kappa shape index (κ1) is 14.2. The second kappa shape index (κ2) is 7.42. The molecule has 0 aromatic carbocycles. The molecule has 2 fully saturated rings. The maximum absolute atomic E-state index is 12.3. The van der Waals surface area contributed by atoms with Crippen LogP contribution in [0.15, 0.2) is 0 Å². The largest absolute Gasteiger partial charge is 0.339 e. The molecule has 1 aliphatic carbocycles. The van der Waals surface area contributed by atoms with Gasteiger partial charge < -0.3 is 4.90 Å². The molecule has 2 aliphatic rings. The Morgan fingerprint density at radius 1 is 1.11 bits per heavy atom. The highest BCUT2D eigenvalue weighted by Gasteiger charge is 2.25. The predicted octanol–water partition coefficient (Wildman–Crippen LogP) is 3.84. The minimum absolute atomic E-state index is 0.400. The average Bonchev–Trinajstić information content (AvgIpc) is 2.45. The molecule has 2 nitrogen and oxygen atoms in total. The molecule has 2 rings (SSSR count). The molecular formula is C15H27NOS. The summed E-state index contributed by atoms with van der Waals surface area (Å²) in [6.07, 6.45) is 11.6. The molecule has 18 heavy (non-hydrogen) atoms. The Kier molecular flexibility index (Phi) is 5.87. The zero-order valence-corrected chi connectivity index (χ0v) is 12.5. The number of carbonyl (C=O) groups is 1. The standard InChI is InChI=1S/C15H27NOS/c1-2-13-8-6-7-11-16(13)15(17)12-18-14-9-4-3-5-10-14/h13-14H,2-12H2,1H3/t13-/m0/s1. The molecule has 1 atom stereocenters. The van der Waals surface area contributed by atoms with Crippen molar-refractivity contribution in [3.05, 3.63) is 0 Å². The Hall–Kier alpha value is -0.180. The quantitative estimate of drug-likeness (QED) is 0.773. The van der Waals surface area contributed by atoms with Crippen LogP contribution in [0.25, 0.3) is 0 Å². The van der Waals surface area contributed by atoms with Gasteiger partial charge in [-0.2, -0.15) is 0 Å². The van der Waals surface area contributed by atoms with Crippen molar-refractivity contribution in [1.29, 1.82) is 0 Å². The number of nitrogens with zero attached hydrogens (tertiary/aromatic N) is 1. The Balaban J connectivity index is 1.75. The van der Waals surface area contributed by atoms with Gasteiger partial charge in [0.05, 0.1) is 5.75 Å². The summed E-state index contributed by atoms with van der Waals surface area (Å²) >= 11 is 1.92. The van der Waals surface area contributed by atoms with E-state index in [1.54, 1.807) is 0 Å². The van der Waals surface area contributed by atoms with E-state index in [4.69, 9.17) is 0 Å². The Labute approximate surface area is 116 Å². The lowest BCUT2D eigenvalue weighted by Crippen LogP contribution is -2.44. The summed E-state index contributed by atoms with van der Waals surface area (Å²) in [5.41, 5.74) is 0. The summed E-state index contributed by atoms with van der Waals surface area (Å²) in [7, 11) is 0. The van der Waals surface area contributed by atoms with Crippen LogP contribution in [0.4, 0.5) is 0 Å². The van der Waals surface area contributed by atoms with Gasteiger partial charge in [-0.15, -0.1) is 11.8 Å². The smallest absolute Gasteiger partial charge is 0.232 e. The van der Waals surface area contributed by atoms with Crippen molar-refractivity contribution in [1.82, 2.24) is 4.90 Å². The summed E-state index contributed by atoms with van der Waals surface area (Å²) in [5, 5.41) is 0.757. The maximum atomic E-state index is 12.3. The summed E-state index contributed by atoms with van der Waals surface area (Å²) in [5.74, 6) is 1.12. The molecule has 0 unspecified atom stereocenters. The fourth-order valence-electron chi connectivity index (χ4n) is 3.26. The molecule has 1 saturated heterocycles. The molecule has 1 aliphatic heterocycles. The number of rotatable bonds is 4. The topological polar surface area (TPSA) is 20.3 Å². The van der Waals surface area contributed by atoms with E-state index in [9.17, 15) is 4.79 Å². The van der Waals surface area contributed by atoms with Gasteiger partial charge in [-0.3, -0.25) is 4.79 Å². The van der Waals surface area contributed by atoms with Gasteiger partial charge in [0, 0.05) is 17.8 Å². The zero-order valence-electron chi connectivity index (χ0n) is 11.7. The summed E-state index contributed by atoms with van der Waals surface area (Å²) in [4.78, 5) is 14.5. The lowest BCUT2D eigenvalue weighted by molar-refractivity contribution is -0.132. The predicted molar refractivity (Wildman–Crippen MR) is 79.0 cm³/mol. The third-order valence-corrected chi connectivity index (χ3v) is 5.77. The van der Waals surface area contributed by atoms with Crippen molar-refractivity contribution >= 4 is 17.7 Å². The van der Waals surface area contributed by atoms with Gasteiger partial charge in [-0.05, 0) is 38.5 Å². The van der Waals surface area contributed by atoms with Crippen LogP contribution in [-0.2, 0) is 4.79 Å². The third-order valence-electron chi connectivity index (χ3n) is 4.41. The van der Waals surface area contributed by atoms with E-state index in [0.29, 0.717) is 11.9 Å². The number of piperidine rings is 1. The van der Waals surface area contributed by atoms with Crippen LogP contribution in [0.2, 0.25) is 0 Å². The van der Waals surface area contributed by atoms with Gasteiger partial charge in [-0.25, -0.2) is 0 Å². The molecule has 0 aromatic heterocycles. The van der Waals surface area contributed by atoms with E-state index < -0.39 is 0 Å². The third kappa shape index (κ3) is 3.91. The fourth-order valence-corrected chi connectivity index (χ4v) is 4.47. The van der Waals surface area contributed by atoms with E-state index in [-0.39, 0.29) is 0 Å². The molecule has 0 aromatic rings. The van der Waals surface area contributed by atoms with Crippen molar-refractivity contribution in [2.45, 2.75) is 76.0 Å². The van der Waals surface area contributed by atoms with E-state index in [1.807, 2.05) is 11.8 Å². The molecule has 0 radical (unpaired) electrons. The monoisotopic (exact) mass is 269 g/mol. The van der Waals surface area contributed by atoms with Crippen LogP contribution in [0.5, 0.6) is 0 Å². The van der Waals surface area contributed by atoms with Crippen LogP contribution >= 0.6 is 11.8 Å². The highest BCUT2D eigenvalue weighted by Crippen LogP contribution is 2.29. The number of hydrogen-bond acceptors (Lipinski definition) is 2. The molecule has 1 heterocycles. The van der Waals surface area contributed by atoms with Crippen molar-refractivity contribution in [2.75, 3.05) is 12.3 Å². The van der Waals surface area contributed by atoms with Crippen molar-refractivity contribution in [3.8, 4) is 0 Å². The van der Waals surface area contributed by atoms with Crippen LogP contribution in [0, 0.1) is 0 Å². The number of carbonyl (C=O) groups excluding carboxylic acids is 1. The van der Waals surface area contributed by atoms with Crippen molar-refractivity contribution in [3.63, 3.8) is 0 Å². The molecule has 3 heteroatoms. The summed E-state index contributed by atoms with van der Waals surface area (Å²) in [6.45, 7) is 3.22. The molecule has 1 amide bonds. The SMILES string of the molecule is CC[C@H]1CCCCN1C(=O)CSC1CCCCC1. The van der Waals surface area contributed by atoms with E-state index >= 15 is 0 Å². The highest BCUT2D eigenvalue weighted by molar-refractivity contribution is 8.00. The normalized spacial score (nSPS) is 26.3. The second-order valence-corrected chi connectivity index (χ2v) is 7.00. The van der Waals surface area contributed by atoms with Gasteiger partial charge >= 0.3 is 0 Å². The number of thioether (sulfide) groups is 1. The van der Waals surface area contributed by atoms with Gasteiger partial charge in [0.1, 0.15) is 0 Å². The first-order valence-electron chi connectivity index (χ1n) is 7.72. The average molecular weight is 269 g/mol. The molecule has 0 spiro atoms. The number of likely N-dealkylation sites (tertiary alicyclic amines) is 1. The molecular weight excluding hydrogens is 242 g/mol. The lowest BCUT2D eigenvalue weighted by Gasteiger charge is -2.35. The molecule has 0 N–H and O–H groups in total. The van der Waals surface area contributed by atoms with Crippen LogP contribution in [-0.4, -0.2) is 34.4 Å². The van der Waals surface area contributed by atoms with Gasteiger partial charge in [-0.1, -0.05) is 26.2 Å². The van der Waals surface area contributed by atoms with Crippen molar-refractivity contribution < 1.29 is 4.79 Å². The van der Waals surface area contributed by atoms with Gasteiger partial charge in [0.2, 0.25) is 5.91 Å². The fraction of sp³-hybridized carbons (Fsp3) is 0.933. The van der Waals surface area contributed by atoms with Crippen molar-refractivity contribution in [2.24, 2.45) is 0 Å². The van der Waals surface area contributed by atoms with E-state index in [2.05, 4.69) is 11.8 Å². The van der Waals surface area contributed by atoms with E-state index in [1.165, 1.54) is 51.4 Å². The summed E-state index contributed by atoms with van der Waals surface area (Å²) < 4.78 is 0. The summed E-state index contributed by atoms with van der Waals surface area (Å²) in [6, 6.07) is 0.526. The molecule has 1 saturated carbocycles. The molecule has 104 valence electrons. The maximum Gasteiger partial charge on any atom is 0.232 e. The minimum Gasteiger partial charge on any atom is -0.339 e. The number of hydrogen-bond donors (Lipinski definition) is 0. The van der Waals surface area contributed by atoms with E-state index in [0.717, 1.165) is 24.0 Å². The highest BCUT2D eigenvalue weighted by atomic mass is 32.2. The van der Waals surface area contributed by atoms with Gasteiger partial charge in [0.15, 0.2) is 0 Å². The van der Waals surface area contributed by atoms with Crippen LogP contribution in [0.3, 0.4) is 0 Å². The first-order chi connectivity index (χ1) is 8.81. The zero-order chi connectivity index (χ0) is 12.8. The Morgan fingerprint density at radius 3 is 2.56 bits per heavy atom. The number of amides is 1. The van der Waals surface area contributed by atoms with Crippen LogP contribution in [0.1, 0.15) is 64.7 Å². The molecule has 0 bridgehead atoms. The first-order valence-corrected chi connectivity index (χ1v) is 8.77.